The number of nitrogens with zero attached hydrogens (tertiary/aromatic N) is 1. The van der Waals surface area contributed by atoms with Gasteiger partial charge in [0.25, 0.3) is 0 Å². The van der Waals surface area contributed by atoms with Gasteiger partial charge in [0.05, 0.1) is 0 Å². The molecule has 1 heterocycles. The van der Waals surface area contributed by atoms with Crippen LogP contribution in [0.1, 0.15) is 12.0 Å². The Bertz CT molecular complexity index is 420. The van der Waals surface area contributed by atoms with Crippen LogP contribution in [0.4, 0.5) is 5.69 Å². The average Bonchev–Trinajstić information content (AvgIpc) is 2.30. The van der Waals surface area contributed by atoms with Gasteiger partial charge < -0.3 is 10.0 Å². The van der Waals surface area contributed by atoms with Gasteiger partial charge in [-0.25, -0.2) is 4.79 Å². The van der Waals surface area contributed by atoms with Gasteiger partial charge in [-0.2, -0.15) is 0 Å². The second kappa shape index (κ2) is 4.39. The summed E-state index contributed by atoms with van der Waals surface area (Å²) >= 11 is 0. The van der Waals surface area contributed by atoms with Crippen LogP contribution in [0, 0.1) is 6.92 Å². The number of aryl methyl sites for hydroxylation is 1. The molecule has 0 amide bonds. The average molecular weight is 217 g/mol. The Morgan fingerprint density at radius 3 is 2.50 bits per heavy atom. The van der Waals surface area contributed by atoms with Crippen LogP contribution in [0.3, 0.4) is 0 Å². The van der Waals surface area contributed by atoms with E-state index in [4.69, 9.17) is 5.11 Å². The van der Waals surface area contributed by atoms with Crippen molar-refractivity contribution in [2.75, 3.05) is 18.0 Å². The summed E-state index contributed by atoms with van der Waals surface area (Å²) in [6, 6.07) is 8.31. The van der Waals surface area contributed by atoms with Gasteiger partial charge in [0.15, 0.2) is 0 Å². The first-order valence-corrected chi connectivity index (χ1v) is 5.41. The van der Waals surface area contributed by atoms with E-state index in [0.29, 0.717) is 18.5 Å². The summed E-state index contributed by atoms with van der Waals surface area (Å²) in [5.41, 5.74) is 2.93. The fourth-order valence-electron chi connectivity index (χ4n) is 1.85. The van der Waals surface area contributed by atoms with Gasteiger partial charge in [-0.05, 0) is 25.5 Å². The molecule has 0 aliphatic carbocycles. The van der Waals surface area contributed by atoms with Crippen molar-refractivity contribution in [3.8, 4) is 0 Å². The number of aliphatic carboxylic acids is 1. The Morgan fingerprint density at radius 2 is 2.00 bits per heavy atom. The van der Waals surface area contributed by atoms with Crippen LogP contribution in [-0.2, 0) is 4.79 Å². The topological polar surface area (TPSA) is 40.5 Å². The third-order valence-electron chi connectivity index (χ3n) is 2.88. The molecule has 0 saturated carbocycles. The fraction of sp³-hybridized carbons (Fsp3) is 0.308. The smallest absolute Gasteiger partial charge is 0.331 e. The lowest BCUT2D eigenvalue weighted by Gasteiger charge is -2.27. The van der Waals surface area contributed by atoms with Gasteiger partial charge in [0, 0.05) is 24.4 Å². The number of hydrogen-bond donors (Lipinski definition) is 1. The minimum atomic E-state index is -0.788. The summed E-state index contributed by atoms with van der Waals surface area (Å²) in [7, 11) is 0. The fourth-order valence-corrected chi connectivity index (χ4v) is 1.85. The molecule has 0 unspecified atom stereocenters. The Labute approximate surface area is 95.0 Å². The van der Waals surface area contributed by atoms with E-state index in [1.54, 1.807) is 6.08 Å². The zero-order chi connectivity index (χ0) is 11.5. The summed E-state index contributed by atoms with van der Waals surface area (Å²) in [6.07, 6.45) is 2.41. The first kappa shape index (κ1) is 10.7. The molecule has 0 atom stereocenters. The molecule has 1 aromatic rings. The Morgan fingerprint density at radius 1 is 1.31 bits per heavy atom. The number of hydrogen-bond acceptors (Lipinski definition) is 2. The summed E-state index contributed by atoms with van der Waals surface area (Å²) in [6.45, 7) is 3.52. The molecular formula is C13H15NO2. The molecule has 3 nitrogen and oxygen atoms in total. The summed E-state index contributed by atoms with van der Waals surface area (Å²) < 4.78 is 0. The lowest BCUT2D eigenvalue weighted by atomic mass is 10.1. The maximum Gasteiger partial charge on any atom is 0.331 e. The first-order chi connectivity index (χ1) is 7.66. The molecule has 1 aromatic carbocycles. The quantitative estimate of drug-likeness (QED) is 0.825. The Balaban J connectivity index is 2.09. The van der Waals surface area contributed by atoms with Gasteiger partial charge in [-0.15, -0.1) is 0 Å². The normalized spacial score (nSPS) is 15.8. The van der Waals surface area contributed by atoms with Crippen LogP contribution in [0.2, 0.25) is 0 Å². The molecule has 0 spiro atoms. The molecule has 1 aliphatic rings. The van der Waals surface area contributed by atoms with Crippen LogP contribution in [0.15, 0.2) is 35.9 Å². The number of rotatable bonds is 2. The zero-order valence-corrected chi connectivity index (χ0v) is 9.31. The first-order valence-electron chi connectivity index (χ1n) is 5.41. The maximum absolute atomic E-state index is 10.8. The van der Waals surface area contributed by atoms with Gasteiger partial charge >= 0.3 is 5.97 Å². The summed E-state index contributed by atoms with van der Waals surface area (Å²) in [5.74, 6) is -0.788. The standard InChI is InChI=1S/C13H15NO2/c1-10-2-4-12(5-3-10)14-8-6-11(7-9-14)13(15)16/h2-6H,7-9H2,1H3,(H,15,16). The van der Waals surface area contributed by atoms with Gasteiger partial charge in [0.1, 0.15) is 0 Å². The van der Waals surface area contributed by atoms with E-state index >= 15 is 0 Å². The predicted molar refractivity (Wildman–Crippen MR) is 63.7 cm³/mol. The zero-order valence-electron chi connectivity index (χ0n) is 9.31. The van der Waals surface area contributed by atoms with E-state index in [1.807, 2.05) is 0 Å². The van der Waals surface area contributed by atoms with Gasteiger partial charge in [-0.1, -0.05) is 23.8 Å². The monoisotopic (exact) mass is 217 g/mol. The molecular weight excluding hydrogens is 202 g/mol. The largest absolute Gasteiger partial charge is 0.478 e. The summed E-state index contributed by atoms with van der Waals surface area (Å²) in [4.78, 5) is 12.9. The van der Waals surface area contributed by atoms with E-state index in [-0.39, 0.29) is 0 Å². The van der Waals surface area contributed by atoms with Crippen LogP contribution in [-0.4, -0.2) is 24.2 Å². The number of carboxylic acids is 1. The van der Waals surface area contributed by atoms with Gasteiger partial charge in [-0.3, -0.25) is 0 Å². The molecule has 0 radical (unpaired) electrons. The highest BCUT2D eigenvalue weighted by Gasteiger charge is 2.15. The third kappa shape index (κ3) is 2.24. The molecule has 0 fully saturated rings. The van der Waals surface area contributed by atoms with Crippen LogP contribution in [0.25, 0.3) is 0 Å². The molecule has 0 bridgehead atoms. The lowest BCUT2D eigenvalue weighted by molar-refractivity contribution is -0.132. The molecule has 16 heavy (non-hydrogen) atoms. The highest BCUT2D eigenvalue weighted by Crippen LogP contribution is 2.20. The minimum Gasteiger partial charge on any atom is -0.478 e. The molecule has 84 valence electrons. The molecule has 2 rings (SSSR count). The number of carbonyl (C=O) groups is 1. The van der Waals surface area contributed by atoms with Crippen LogP contribution >= 0.6 is 0 Å². The number of carboxylic acid groups (broad SMARTS) is 1. The predicted octanol–water partition coefficient (Wildman–Crippen LogP) is 2.22. The molecule has 0 aromatic heterocycles. The van der Waals surface area contributed by atoms with E-state index in [0.717, 1.165) is 12.2 Å². The van der Waals surface area contributed by atoms with Crippen molar-refractivity contribution >= 4 is 11.7 Å². The van der Waals surface area contributed by atoms with Crippen LogP contribution < -0.4 is 4.90 Å². The lowest BCUT2D eigenvalue weighted by Crippen LogP contribution is -2.29. The summed E-state index contributed by atoms with van der Waals surface area (Å²) in [5, 5.41) is 8.84. The maximum atomic E-state index is 10.8. The van der Waals surface area contributed by atoms with Crippen molar-refractivity contribution in [1.29, 1.82) is 0 Å². The number of benzene rings is 1. The van der Waals surface area contributed by atoms with Crippen molar-refractivity contribution in [2.45, 2.75) is 13.3 Å². The third-order valence-corrected chi connectivity index (χ3v) is 2.88. The van der Waals surface area contributed by atoms with E-state index < -0.39 is 5.97 Å². The second-order valence-corrected chi connectivity index (χ2v) is 4.07. The molecule has 3 heteroatoms. The highest BCUT2D eigenvalue weighted by molar-refractivity contribution is 5.87. The van der Waals surface area contributed by atoms with E-state index in [2.05, 4.69) is 36.1 Å². The highest BCUT2D eigenvalue weighted by atomic mass is 16.4. The molecule has 1 N–H and O–H groups in total. The van der Waals surface area contributed by atoms with Crippen molar-refractivity contribution in [3.05, 3.63) is 41.5 Å². The van der Waals surface area contributed by atoms with E-state index in [1.165, 1.54) is 5.56 Å². The van der Waals surface area contributed by atoms with Crippen molar-refractivity contribution in [1.82, 2.24) is 0 Å². The molecule has 1 aliphatic heterocycles. The Kier molecular flexibility index (Phi) is 2.95. The second-order valence-electron chi connectivity index (χ2n) is 4.07. The minimum absolute atomic E-state index is 0.531. The van der Waals surface area contributed by atoms with Crippen molar-refractivity contribution < 1.29 is 9.90 Å². The number of anilines is 1. The molecule has 0 saturated heterocycles. The van der Waals surface area contributed by atoms with Gasteiger partial charge in [0.2, 0.25) is 0 Å². The van der Waals surface area contributed by atoms with Crippen LogP contribution in [0.5, 0.6) is 0 Å². The van der Waals surface area contributed by atoms with Crippen molar-refractivity contribution in [2.24, 2.45) is 0 Å². The SMILES string of the molecule is Cc1ccc(N2CC=C(C(=O)O)CC2)cc1. The van der Waals surface area contributed by atoms with E-state index in [9.17, 15) is 4.79 Å². The Hall–Kier alpha value is -1.77. The van der Waals surface area contributed by atoms with Crippen molar-refractivity contribution in [3.63, 3.8) is 0 Å².